The molecular formula is C16H18N2O5S. The minimum Gasteiger partial charge on any atom is -0.504 e. The molecule has 128 valence electrons. The van der Waals surface area contributed by atoms with Crippen molar-refractivity contribution >= 4 is 16.2 Å². The summed E-state index contributed by atoms with van der Waals surface area (Å²) in [5.41, 5.74) is 1.28. The number of hydrogen-bond donors (Lipinski definition) is 2. The van der Waals surface area contributed by atoms with Crippen molar-refractivity contribution in [3.05, 3.63) is 47.5 Å². The van der Waals surface area contributed by atoms with Crippen LogP contribution in [-0.2, 0) is 10.0 Å². The highest BCUT2D eigenvalue weighted by atomic mass is 32.2. The molecular weight excluding hydrogens is 332 g/mol. The highest BCUT2D eigenvalue weighted by Crippen LogP contribution is 2.26. The Morgan fingerprint density at radius 2 is 1.75 bits per heavy atom. The third-order valence-electron chi connectivity index (χ3n) is 3.20. The summed E-state index contributed by atoms with van der Waals surface area (Å²) in [4.78, 5) is 2.12. The van der Waals surface area contributed by atoms with Crippen LogP contribution in [0.3, 0.4) is 0 Å². The summed E-state index contributed by atoms with van der Waals surface area (Å²) >= 11 is 0. The van der Waals surface area contributed by atoms with Gasteiger partial charge in [0.2, 0.25) is 0 Å². The predicted molar refractivity (Wildman–Crippen MR) is 90.3 cm³/mol. The van der Waals surface area contributed by atoms with E-state index in [1.165, 1.54) is 32.6 Å². The summed E-state index contributed by atoms with van der Waals surface area (Å²) in [6, 6.07) is 9.41. The average Bonchev–Trinajstić information content (AvgIpc) is 2.55. The van der Waals surface area contributed by atoms with Crippen LogP contribution in [0.2, 0.25) is 0 Å². The Kier molecular flexibility index (Phi) is 5.30. The van der Waals surface area contributed by atoms with Crippen molar-refractivity contribution in [1.82, 2.24) is 4.83 Å². The first-order chi connectivity index (χ1) is 11.4. The molecule has 0 unspecified atom stereocenters. The third kappa shape index (κ3) is 3.96. The van der Waals surface area contributed by atoms with Crippen molar-refractivity contribution in [2.75, 3.05) is 14.2 Å². The van der Waals surface area contributed by atoms with Crippen LogP contribution in [0.4, 0.5) is 0 Å². The minimum absolute atomic E-state index is 0.000252. The number of hydrazone groups is 1. The Balaban J connectivity index is 2.21. The van der Waals surface area contributed by atoms with Gasteiger partial charge in [-0.25, -0.2) is 0 Å². The van der Waals surface area contributed by atoms with E-state index >= 15 is 0 Å². The standard InChI is InChI=1S/C16H18N2O5S/c1-11-4-6-15(23-3)16(8-11)24(20,21)18-17-10-12-5-7-14(22-2)13(19)9-12/h4-10,18-19H,1-3H3/b17-10+. The molecule has 0 saturated carbocycles. The van der Waals surface area contributed by atoms with E-state index in [0.717, 1.165) is 5.56 Å². The van der Waals surface area contributed by atoms with Gasteiger partial charge in [0.15, 0.2) is 11.5 Å². The largest absolute Gasteiger partial charge is 0.504 e. The Bertz CT molecular complexity index is 863. The normalized spacial score (nSPS) is 11.5. The monoisotopic (exact) mass is 350 g/mol. The molecule has 7 nitrogen and oxygen atoms in total. The van der Waals surface area contributed by atoms with Gasteiger partial charge in [0.25, 0.3) is 10.0 Å². The van der Waals surface area contributed by atoms with Gasteiger partial charge in [-0.05, 0) is 48.4 Å². The van der Waals surface area contributed by atoms with Crippen LogP contribution in [-0.4, -0.2) is 34.0 Å². The van der Waals surface area contributed by atoms with Gasteiger partial charge in [0, 0.05) is 0 Å². The lowest BCUT2D eigenvalue weighted by Crippen LogP contribution is -2.19. The first-order valence-electron chi connectivity index (χ1n) is 6.94. The molecule has 0 bridgehead atoms. The Hall–Kier alpha value is -2.74. The van der Waals surface area contributed by atoms with E-state index < -0.39 is 10.0 Å². The number of ether oxygens (including phenoxy) is 2. The van der Waals surface area contributed by atoms with Crippen molar-refractivity contribution in [3.63, 3.8) is 0 Å². The molecule has 24 heavy (non-hydrogen) atoms. The Labute approximate surface area is 140 Å². The number of sulfonamides is 1. The second-order valence-electron chi connectivity index (χ2n) is 4.94. The van der Waals surface area contributed by atoms with Crippen LogP contribution in [0.1, 0.15) is 11.1 Å². The van der Waals surface area contributed by atoms with Crippen molar-refractivity contribution in [3.8, 4) is 17.2 Å². The van der Waals surface area contributed by atoms with Crippen LogP contribution in [0, 0.1) is 6.92 Å². The molecule has 0 aliphatic rings. The predicted octanol–water partition coefficient (Wildman–Crippen LogP) is 2.03. The Morgan fingerprint density at radius 3 is 2.38 bits per heavy atom. The van der Waals surface area contributed by atoms with Gasteiger partial charge in [-0.1, -0.05) is 6.07 Å². The second kappa shape index (κ2) is 7.22. The first kappa shape index (κ1) is 17.6. The van der Waals surface area contributed by atoms with Gasteiger partial charge in [-0.15, -0.1) is 0 Å². The van der Waals surface area contributed by atoms with E-state index in [1.807, 2.05) is 0 Å². The van der Waals surface area contributed by atoms with Gasteiger partial charge in [0.1, 0.15) is 10.6 Å². The molecule has 0 heterocycles. The fourth-order valence-corrected chi connectivity index (χ4v) is 3.05. The molecule has 0 aliphatic heterocycles. The van der Waals surface area contributed by atoms with Gasteiger partial charge < -0.3 is 14.6 Å². The molecule has 2 N–H and O–H groups in total. The van der Waals surface area contributed by atoms with Crippen LogP contribution in [0.5, 0.6) is 17.2 Å². The number of phenolic OH excluding ortho intramolecular Hbond substituents is 1. The third-order valence-corrected chi connectivity index (χ3v) is 4.44. The summed E-state index contributed by atoms with van der Waals surface area (Å²) in [5, 5.41) is 13.4. The fourth-order valence-electron chi connectivity index (χ4n) is 2.00. The molecule has 2 rings (SSSR count). The van der Waals surface area contributed by atoms with E-state index in [0.29, 0.717) is 11.3 Å². The van der Waals surface area contributed by atoms with Gasteiger partial charge >= 0.3 is 0 Å². The molecule has 0 radical (unpaired) electrons. The van der Waals surface area contributed by atoms with Crippen molar-refractivity contribution in [1.29, 1.82) is 0 Å². The molecule has 2 aromatic rings. The number of aromatic hydroxyl groups is 1. The maximum Gasteiger partial charge on any atom is 0.280 e. The lowest BCUT2D eigenvalue weighted by atomic mass is 10.2. The van der Waals surface area contributed by atoms with Crippen LogP contribution < -0.4 is 14.3 Å². The summed E-state index contributed by atoms with van der Waals surface area (Å²) in [7, 11) is -1.05. The molecule has 0 spiro atoms. The van der Waals surface area contributed by atoms with Crippen LogP contribution in [0.15, 0.2) is 46.4 Å². The maximum atomic E-state index is 12.3. The van der Waals surface area contributed by atoms with E-state index in [-0.39, 0.29) is 16.4 Å². The quantitative estimate of drug-likeness (QED) is 0.614. The summed E-state index contributed by atoms with van der Waals surface area (Å²) in [6.07, 6.45) is 1.28. The van der Waals surface area contributed by atoms with E-state index in [1.54, 1.807) is 31.2 Å². The van der Waals surface area contributed by atoms with Crippen LogP contribution in [0.25, 0.3) is 0 Å². The number of hydrogen-bond acceptors (Lipinski definition) is 6. The van der Waals surface area contributed by atoms with Gasteiger partial charge in [-0.3, -0.25) is 0 Å². The lowest BCUT2D eigenvalue weighted by Gasteiger charge is -2.09. The average molecular weight is 350 g/mol. The summed E-state index contributed by atoms with van der Waals surface area (Å²) in [6.45, 7) is 1.78. The Morgan fingerprint density at radius 1 is 1.08 bits per heavy atom. The van der Waals surface area contributed by atoms with Crippen molar-refractivity contribution < 1.29 is 23.0 Å². The highest BCUT2D eigenvalue weighted by molar-refractivity contribution is 7.89. The number of benzene rings is 2. The molecule has 0 saturated heterocycles. The lowest BCUT2D eigenvalue weighted by molar-refractivity contribution is 0.373. The molecule has 0 aliphatic carbocycles. The molecule has 2 aromatic carbocycles. The van der Waals surface area contributed by atoms with E-state index in [9.17, 15) is 13.5 Å². The molecule has 0 fully saturated rings. The van der Waals surface area contributed by atoms with E-state index in [4.69, 9.17) is 9.47 Å². The zero-order valence-electron chi connectivity index (χ0n) is 13.5. The fraction of sp³-hybridized carbons (Fsp3) is 0.188. The van der Waals surface area contributed by atoms with Crippen LogP contribution >= 0.6 is 0 Å². The number of phenols is 1. The smallest absolute Gasteiger partial charge is 0.280 e. The molecule has 0 amide bonds. The maximum absolute atomic E-state index is 12.3. The summed E-state index contributed by atoms with van der Waals surface area (Å²) < 4.78 is 34.7. The van der Waals surface area contributed by atoms with E-state index in [2.05, 4.69) is 9.93 Å². The SMILES string of the molecule is COc1ccc(/C=N/NS(=O)(=O)c2cc(C)ccc2OC)cc1O. The topological polar surface area (TPSA) is 97.2 Å². The molecule has 0 atom stereocenters. The summed E-state index contributed by atoms with van der Waals surface area (Å²) in [5.74, 6) is 0.479. The minimum atomic E-state index is -3.88. The zero-order valence-corrected chi connectivity index (χ0v) is 14.3. The first-order valence-corrected chi connectivity index (χ1v) is 8.42. The number of methoxy groups -OCH3 is 2. The number of nitrogens with one attached hydrogen (secondary N) is 1. The van der Waals surface area contributed by atoms with Gasteiger partial charge in [-0.2, -0.15) is 18.4 Å². The number of aryl methyl sites for hydroxylation is 1. The van der Waals surface area contributed by atoms with Gasteiger partial charge in [0.05, 0.1) is 20.4 Å². The number of nitrogens with zero attached hydrogens (tertiary/aromatic N) is 1. The highest BCUT2D eigenvalue weighted by Gasteiger charge is 2.18. The van der Waals surface area contributed by atoms with Crippen molar-refractivity contribution in [2.24, 2.45) is 5.10 Å². The number of rotatable bonds is 6. The molecule has 0 aromatic heterocycles. The zero-order chi connectivity index (χ0) is 17.7. The van der Waals surface area contributed by atoms with Crippen molar-refractivity contribution in [2.45, 2.75) is 11.8 Å². The molecule has 8 heteroatoms. The second-order valence-corrected chi connectivity index (χ2v) is 6.57.